The molecule has 3 heterocycles. The molecule has 1 aromatic carbocycles. The Balaban J connectivity index is 1.52. The molecule has 0 unspecified atom stereocenters. The van der Waals surface area contributed by atoms with E-state index in [2.05, 4.69) is 49.6 Å². The number of rotatable bonds is 14. The van der Waals surface area contributed by atoms with Gasteiger partial charge in [-0.3, -0.25) is 4.79 Å². The summed E-state index contributed by atoms with van der Waals surface area (Å²) in [6.07, 6.45) is 2.57. The van der Waals surface area contributed by atoms with E-state index in [1.807, 2.05) is 22.9 Å². The highest BCUT2D eigenvalue weighted by Gasteiger charge is 2.43. The zero-order valence-electron chi connectivity index (χ0n) is 26.7. The number of ether oxygens (including phenoxy) is 3. The normalized spacial score (nSPS) is 17.0. The highest BCUT2D eigenvalue weighted by molar-refractivity contribution is 6.76. The molecule has 0 bridgehead atoms. The number of methoxy groups -OCH3 is 1. The molecule has 238 valence electrons. The monoisotopic (exact) mass is 643 g/mol. The van der Waals surface area contributed by atoms with Crippen LogP contribution in [0.15, 0.2) is 30.7 Å². The van der Waals surface area contributed by atoms with E-state index in [1.54, 1.807) is 17.0 Å². The lowest BCUT2D eigenvalue weighted by molar-refractivity contribution is -0.117. The van der Waals surface area contributed by atoms with Gasteiger partial charge >= 0.3 is 0 Å². The number of anilines is 1. The quantitative estimate of drug-likeness (QED) is 0.116. The maximum atomic E-state index is 15.9. The number of aromatic nitrogens is 4. The lowest BCUT2D eigenvalue weighted by atomic mass is 10.0. The van der Waals surface area contributed by atoms with Crippen LogP contribution in [0.4, 0.5) is 14.6 Å². The SMILES string of the molecule is COc1c(-c2cn(COCC[Si](C)(C)C)c3nc(NC(=O)[C@@H]4C[C@@H]4F)ccc23)cc2c(ncn2COCC[Si](C)(C)C)c1F. The van der Waals surface area contributed by atoms with Crippen LogP contribution >= 0.6 is 0 Å². The Morgan fingerprint density at radius 2 is 1.66 bits per heavy atom. The third-order valence-corrected chi connectivity index (χ3v) is 11.2. The number of amides is 1. The van der Waals surface area contributed by atoms with E-state index in [1.165, 1.54) is 7.11 Å². The van der Waals surface area contributed by atoms with Crippen LogP contribution in [0, 0.1) is 11.7 Å². The number of nitrogens with zero attached hydrogens (tertiary/aromatic N) is 4. The van der Waals surface area contributed by atoms with Gasteiger partial charge in [-0.15, -0.1) is 0 Å². The Morgan fingerprint density at radius 1 is 1.02 bits per heavy atom. The molecule has 0 saturated heterocycles. The summed E-state index contributed by atoms with van der Waals surface area (Å²) in [7, 11) is -1.12. The van der Waals surface area contributed by atoms with Crippen LogP contribution in [0.3, 0.4) is 0 Å². The topological polar surface area (TPSA) is 92.4 Å². The molecule has 1 aliphatic rings. The number of fused-ring (bicyclic) bond motifs is 2. The summed E-state index contributed by atoms with van der Waals surface area (Å²) in [5.74, 6) is -1.19. The van der Waals surface area contributed by atoms with Crippen LogP contribution in [0.1, 0.15) is 6.42 Å². The molecule has 0 aliphatic heterocycles. The summed E-state index contributed by atoms with van der Waals surface area (Å²) in [4.78, 5) is 21.5. The Kier molecular flexibility index (Phi) is 9.31. The molecule has 1 aliphatic carbocycles. The average molecular weight is 644 g/mol. The molecular weight excluding hydrogens is 601 g/mol. The fraction of sp³-hybridized carbons (Fsp3) is 0.516. The summed E-state index contributed by atoms with van der Waals surface area (Å²) in [6, 6.07) is 7.38. The molecule has 9 nitrogen and oxygen atoms in total. The lowest BCUT2D eigenvalue weighted by Crippen LogP contribution is -2.22. The van der Waals surface area contributed by atoms with E-state index in [9.17, 15) is 9.18 Å². The van der Waals surface area contributed by atoms with E-state index in [0.717, 1.165) is 17.5 Å². The standard InChI is InChI=1S/C31H43F2N5O4Si2/c1-40-29-21(15-25-28(27(29)33)34-17-38(25)19-42-11-13-44(5,6)7)23-16-37(18-41-10-12-43(2,3)4)30-20(23)8-9-26(35-30)36-31(39)22-14-24(22)32/h8-9,15-17,22,24H,10-14,18-19H2,1-7H3,(H,35,36,39)/t22-,24+/m1/s1. The van der Waals surface area contributed by atoms with Gasteiger partial charge in [-0.25, -0.2) is 18.7 Å². The molecule has 2 atom stereocenters. The van der Waals surface area contributed by atoms with Crippen molar-refractivity contribution in [1.29, 1.82) is 0 Å². The first-order valence-corrected chi connectivity index (χ1v) is 22.5. The number of pyridine rings is 1. The highest BCUT2D eigenvalue weighted by atomic mass is 28.3. The van der Waals surface area contributed by atoms with Crippen molar-refractivity contribution in [3.8, 4) is 16.9 Å². The first kappa shape index (κ1) is 32.3. The van der Waals surface area contributed by atoms with Crippen molar-refractivity contribution in [3.05, 3.63) is 36.5 Å². The van der Waals surface area contributed by atoms with Crippen LogP contribution in [0.5, 0.6) is 5.75 Å². The predicted molar refractivity (Wildman–Crippen MR) is 175 cm³/mol. The molecule has 44 heavy (non-hydrogen) atoms. The van der Waals surface area contributed by atoms with Gasteiger partial charge in [0.25, 0.3) is 0 Å². The minimum absolute atomic E-state index is 0.0706. The van der Waals surface area contributed by atoms with Crippen LogP contribution in [-0.4, -0.2) is 67.7 Å². The van der Waals surface area contributed by atoms with Crippen LogP contribution in [0.25, 0.3) is 33.2 Å². The first-order chi connectivity index (χ1) is 20.8. The Bertz CT molecular complexity index is 1660. The number of carbonyl (C=O) groups is 1. The van der Waals surface area contributed by atoms with E-state index < -0.39 is 34.1 Å². The summed E-state index contributed by atoms with van der Waals surface area (Å²) in [5, 5.41) is 3.46. The van der Waals surface area contributed by atoms with Gasteiger partial charge in [0, 0.05) is 52.1 Å². The second kappa shape index (κ2) is 12.7. The van der Waals surface area contributed by atoms with Crippen molar-refractivity contribution >= 4 is 49.9 Å². The Morgan fingerprint density at radius 3 is 2.25 bits per heavy atom. The van der Waals surface area contributed by atoms with Crippen molar-refractivity contribution in [2.75, 3.05) is 25.6 Å². The molecule has 13 heteroatoms. The fourth-order valence-electron chi connectivity index (χ4n) is 4.93. The maximum Gasteiger partial charge on any atom is 0.231 e. The summed E-state index contributed by atoms with van der Waals surface area (Å²) >= 11 is 0. The van der Waals surface area contributed by atoms with Gasteiger partial charge < -0.3 is 28.7 Å². The predicted octanol–water partition coefficient (Wildman–Crippen LogP) is 7.12. The Hall–Kier alpha value is -3.14. The van der Waals surface area contributed by atoms with Gasteiger partial charge in [-0.05, 0) is 36.7 Å². The molecule has 1 fully saturated rings. The zero-order chi connectivity index (χ0) is 31.8. The van der Waals surface area contributed by atoms with Crippen molar-refractivity contribution in [2.45, 2.75) is 77.4 Å². The van der Waals surface area contributed by atoms with E-state index in [4.69, 9.17) is 19.2 Å². The third kappa shape index (κ3) is 7.38. The van der Waals surface area contributed by atoms with Crippen LogP contribution in [-0.2, 0) is 27.7 Å². The van der Waals surface area contributed by atoms with Gasteiger partial charge in [0.15, 0.2) is 11.6 Å². The molecular formula is C31H43F2N5O4Si2. The highest BCUT2D eigenvalue weighted by Crippen LogP contribution is 2.41. The number of imidazole rings is 1. The molecule has 4 aromatic rings. The smallest absolute Gasteiger partial charge is 0.231 e. The number of hydrogen-bond acceptors (Lipinski definition) is 6. The first-order valence-electron chi connectivity index (χ1n) is 15.1. The van der Waals surface area contributed by atoms with E-state index >= 15 is 4.39 Å². The largest absolute Gasteiger partial charge is 0.493 e. The third-order valence-electron chi connectivity index (χ3n) is 7.78. The zero-order valence-corrected chi connectivity index (χ0v) is 28.7. The number of halogens is 2. The molecule has 3 aromatic heterocycles. The van der Waals surface area contributed by atoms with Crippen molar-refractivity contribution in [3.63, 3.8) is 0 Å². The Labute approximate surface area is 258 Å². The number of alkyl halides is 1. The molecule has 0 spiro atoms. The fourth-order valence-corrected chi connectivity index (χ4v) is 6.44. The summed E-state index contributed by atoms with van der Waals surface area (Å²) in [5.41, 5.74) is 2.55. The summed E-state index contributed by atoms with van der Waals surface area (Å²) < 4.78 is 50.6. The van der Waals surface area contributed by atoms with Crippen LogP contribution in [0.2, 0.25) is 51.4 Å². The number of nitrogens with one attached hydrogen (secondary N) is 1. The number of carbonyl (C=O) groups excluding carboxylic acids is 1. The molecule has 1 N–H and O–H groups in total. The minimum Gasteiger partial charge on any atom is -0.493 e. The van der Waals surface area contributed by atoms with E-state index in [0.29, 0.717) is 41.3 Å². The van der Waals surface area contributed by atoms with Gasteiger partial charge in [0.1, 0.15) is 36.6 Å². The number of hydrogen-bond donors (Lipinski definition) is 1. The van der Waals surface area contributed by atoms with E-state index in [-0.39, 0.29) is 37.1 Å². The molecule has 1 saturated carbocycles. The second-order valence-corrected chi connectivity index (χ2v) is 25.2. The maximum absolute atomic E-state index is 15.9. The molecule has 5 rings (SSSR count). The van der Waals surface area contributed by atoms with Crippen molar-refractivity contribution in [2.24, 2.45) is 5.92 Å². The second-order valence-electron chi connectivity index (χ2n) is 14.0. The van der Waals surface area contributed by atoms with Crippen LogP contribution < -0.4 is 10.1 Å². The average Bonchev–Trinajstić information content (AvgIpc) is 3.38. The van der Waals surface area contributed by atoms with Gasteiger partial charge in [-0.1, -0.05) is 39.3 Å². The molecule has 1 amide bonds. The van der Waals surface area contributed by atoms with Gasteiger partial charge in [-0.2, -0.15) is 0 Å². The van der Waals surface area contributed by atoms with Crippen molar-refractivity contribution in [1.82, 2.24) is 19.1 Å². The lowest BCUT2D eigenvalue weighted by Gasteiger charge is -2.16. The number of benzene rings is 1. The van der Waals surface area contributed by atoms with Gasteiger partial charge in [0.2, 0.25) is 5.91 Å². The van der Waals surface area contributed by atoms with Crippen molar-refractivity contribution < 1.29 is 27.8 Å². The minimum atomic E-state index is -1.30. The summed E-state index contributed by atoms with van der Waals surface area (Å²) in [6.45, 7) is 15.4. The molecule has 0 radical (unpaired) electrons. The van der Waals surface area contributed by atoms with Gasteiger partial charge in [0.05, 0.1) is 24.9 Å².